The van der Waals surface area contributed by atoms with Crippen LogP contribution < -0.4 is 0 Å². The van der Waals surface area contributed by atoms with E-state index in [1.54, 1.807) is 11.0 Å². The van der Waals surface area contributed by atoms with Crippen molar-refractivity contribution in [1.82, 2.24) is 9.47 Å². The average Bonchev–Trinajstić information content (AvgIpc) is 2.99. The molecule has 1 aliphatic heterocycles. The zero-order valence-corrected chi connectivity index (χ0v) is 16.2. The molecule has 3 rings (SSSR count). The molecule has 3 nitrogen and oxygen atoms in total. The highest BCUT2D eigenvalue weighted by atomic mass is 32.2. The average molecular weight is 369 g/mol. The molecule has 25 heavy (non-hydrogen) atoms. The molecule has 0 atom stereocenters. The summed E-state index contributed by atoms with van der Waals surface area (Å²) in [5, 5.41) is 0. The Morgan fingerprint density at radius 3 is 2.64 bits per heavy atom. The minimum atomic E-state index is -0.0457. The normalized spacial score (nSPS) is 16.1. The number of thiocarbonyl (C=S) groups is 1. The molecule has 0 radical (unpaired) electrons. The first-order valence-electron chi connectivity index (χ1n) is 8.05. The number of aromatic nitrogens is 1. The molecule has 1 aliphatic rings. The quantitative estimate of drug-likeness (QED) is 0.441. The third kappa shape index (κ3) is 3.22. The van der Waals surface area contributed by atoms with E-state index >= 15 is 0 Å². The first-order valence-corrected chi connectivity index (χ1v) is 9.27. The van der Waals surface area contributed by atoms with Crippen LogP contribution >= 0.6 is 24.0 Å². The maximum atomic E-state index is 12.5. The van der Waals surface area contributed by atoms with E-state index < -0.39 is 0 Å². The molecule has 1 saturated heterocycles. The lowest BCUT2D eigenvalue weighted by molar-refractivity contribution is -0.121. The van der Waals surface area contributed by atoms with Gasteiger partial charge in [-0.25, -0.2) is 0 Å². The largest absolute Gasteiger partial charge is 0.318 e. The van der Waals surface area contributed by atoms with Crippen LogP contribution in [0.15, 0.2) is 47.9 Å². The Kier molecular flexibility index (Phi) is 4.97. The fourth-order valence-corrected chi connectivity index (χ4v) is 4.31. The predicted octanol–water partition coefficient (Wildman–Crippen LogP) is 4.79. The highest BCUT2D eigenvalue weighted by Gasteiger charge is 2.31. The fraction of sp³-hybridized carbons (Fsp3) is 0.200. The lowest BCUT2D eigenvalue weighted by Gasteiger charge is -2.12. The van der Waals surface area contributed by atoms with Crippen LogP contribution in [0.2, 0.25) is 0 Å². The van der Waals surface area contributed by atoms with Crippen LogP contribution in [0.4, 0.5) is 0 Å². The second-order valence-electron chi connectivity index (χ2n) is 6.03. The summed E-state index contributed by atoms with van der Waals surface area (Å²) in [6, 6.07) is 10.4. The van der Waals surface area contributed by atoms with Gasteiger partial charge in [0, 0.05) is 23.6 Å². The maximum Gasteiger partial charge on any atom is 0.266 e. The summed E-state index contributed by atoms with van der Waals surface area (Å²) >= 11 is 6.66. The summed E-state index contributed by atoms with van der Waals surface area (Å²) in [4.78, 5) is 14.8. The van der Waals surface area contributed by atoms with Gasteiger partial charge >= 0.3 is 0 Å². The monoisotopic (exact) mass is 368 g/mol. The number of carbonyl (C=O) groups is 1. The van der Waals surface area contributed by atoms with Crippen molar-refractivity contribution in [1.29, 1.82) is 0 Å². The number of para-hydroxylation sites is 1. The van der Waals surface area contributed by atoms with Gasteiger partial charge in [-0.3, -0.25) is 9.69 Å². The minimum absolute atomic E-state index is 0.0457. The lowest BCUT2D eigenvalue weighted by Crippen LogP contribution is -2.27. The molecule has 5 heteroatoms. The van der Waals surface area contributed by atoms with Crippen molar-refractivity contribution in [2.45, 2.75) is 20.8 Å². The molecular formula is C20H20N2OS2. The highest BCUT2D eigenvalue weighted by molar-refractivity contribution is 8.26. The number of amides is 1. The third-order valence-electron chi connectivity index (χ3n) is 4.30. The number of aryl methyl sites for hydroxylation is 2. The van der Waals surface area contributed by atoms with E-state index in [0.717, 1.165) is 22.6 Å². The zero-order chi connectivity index (χ0) is 18.1. The second-order valence-corrected chi connectivity index (χ2v) is 7.71. The van der Waals surface area contributed by atoms with Gasteiger partial charge in [-0.2, -0.15) is 0 Å². The van der Waals surface area contributed by atoms with Crippen LogP contribution in [0.1, 0.15) is 22.5 Å². The number of nitrogens with zero attached hydrogens (tertiary/aromatic N) is 2. The molecule has 0 aliphatic carbocycles. The van der Waals surface area contributed by atoms with E-state index in [1.165, 1.54) is 17.3 Å². The van der Waals surface area contributed by atoms with Gasteiger partial charge in [0.05, 0.1) is 4.91 Å². The van der Waals surface area contributed by atoms with Crippen LogP contribution in [-0.2, 0) is 4.79 Å². The third-order valence-corrected chi connectivity index (χ3v) is 5.68. The first kappa shape index (κ1) is 17.7. The molecule has 0 spiro atoms. The van der Waals surface area contributed by atoms with Gasteiger partial charge < -0.3 is 4.57 Å². The van der Waals surface area contributed by atoms with Gasteiger partial charge in [0.2, 0.25) is 0 Å². The van der Waals surface area contributed by atoms with Crippen molar-refractivity contribution >= 4 is 40.3 Å². The molecule has 1 aromatic carbocycles. The SMILES string of the molecule is C=CCN1C(=O)/C(=C/c2cc(C)n(-c3ccccc3C)c2C)SC1=S. The predicted molar refractivity (Wildman–Crippen MR) is 110 cm³/mol. The van der Waals surface area contributed by atoms with Crippen LogP contribution in [0.3, 0.4) is 0 Å². The minimum Gasteiger partial charge on any atom is -0.318 e. The van der Waals surface area contributed by atoms with E-state index in [2.05, 4.69) is 50.1 Å². The summed E-state index contributed by atoms with van der Waals surface area (Å²) in [5.41, 5.74) is 5.67. The number of hydrogen-bond acceptors (Lipinski definition) is 3. The van der Waals surface area contributed by atoms with Crippen LogP contribution in [0.25, 0.3) is 11.8 Å². The van der Waals surface area contributed by atoms with Gasteiger partial charge in [0.1, 0.15) is 4.32 Å². The molecular weight excluding hydrogens is 348 g/mol. The van der Waals surface area contributed by atoms with Crippen molar-refractivity contribution in [3.63, 3.8) is 0 Å². The van der Waals surface area contributed by atoms with Crippen LogP contribution in [0, 0.1) is 20.8 Å². The number of carbonyl (C=O) groups excluding carboxylic acids is 1. The van der Waals surface area contributed by atoms with Crippen molar-refractivity contribution in [3.05, 3.63) is 70.4 Å². The number of rotatable bonds is 4. The molecule has 0 bridgehead atoms. The summed E-state index contributed by atoms with van der Waals surface area (Å²) in [6.45, 7) is 10.4. The Morgan fingerprint density at radius 1 is 1.24 bits per heavy atom. The molecule has 1 amide bonds. The summed E-state index contributed by atoms with van der Waals surface area (Å²) < 4.78 is 2.81. The Labute approximate surface area is 158 Å². The smallest absolute Gasteiger partial charge is 0.266 e. The maximum absolute atomic E-state index is 12.5. The molecule has 1 aromatic heterocycles. The zero-order valence-electron chi connectivity index (χ0n) is 14.6. The molecule has 0 saturated carbocycles. The highest BCUT2D eigenvalue weighted by Crippen LogP contribution is 2.34. The standard InChI is InChI=1S/C20H20N2OS2/c1-5-10-21-19(23)18(25-20(21)24)12-16-11-14(3)22(15(16)4)17-9-7-6-8-13(17)2/h5-9,11-12H,1,10H2,2-4H3/b18-12-. The van der Waals surface area contributed by atoms with Crippen molar-refractivity contribution < 1.29 is 4.79 Å². The summed E-state index contributed by atoms with van der Waals surface area (Å²) in [5.74, 6) is -0.0457. The van der Waals surface area contributed by atoms with Gasteiger partial charge in [-0.05, 0) is 50.1 Å². The number of benzene rings is 1. The van der Waals surface area contributed by atoms with E-state index in [-0.39, 0.29) is 5.91 Å². The second kappa shape index (κ2) is 7.02. The number of thioether (sulfide) groups is 1. The van der Waals surface area contributed by atoms with E-state index in [4.69, 9.17) is 12.2 Å². The van der Waals surface area contributed by atoms with E-state index in [0.29, 0.717) is 15.8 Å². The Hall–Kier alpha value is -2.11. The summed E-state index contributed by atoms with van der Waals surface area (Å²) in [7, 11) is 0. The van der Waals surface area contributed by atoms with Crippen molar-refractivity contribution in [2.24, 2.45) is 0 Å². The van der Waals surface area contributed by atoms with Crippen LogP contribution in [0.5, 0.6) is 0 Å². The van der Waals surface area contributed by atoms with E-state index in [1.807, 2.05) is 18.2 Å². The Morgan fingerprint density at radius 2 is 1.96 bits per heavy atom. The van der Waals surface area contributed by atoms with Crippen LogP contribution in [-0.4, -0.2) is 26.2 Å². The van der Waals surface area contributed by atoms with Gasteiger partial charge in [-0.1, -0.05) is 48.3 Å². The molecule has 0 unspecified atom stereocenters. The molecule has 0 N–H and O–H groups in total. The lowest BCUT2D eigenvalue weighted by atomic mass is 10.2. The molecule has 2 heterocycles. The van der Waals surface area contributed by atoms with E-state index in [9.17, 15) is 4.79 Å². The number of hydrogen-bond donors (Lipinski definition) is 0. The fourth-order valence-electron chi connectivity index (χ4n) is 3.05. The molecule has 2 aromatic rings. The van der Waals surface area contributed by atoms with Gasteiger partial charge in [-0.15, -0.1) is 6.58 Å². The Balaban J connectivity index is 2.02. The van der Waals surface area contributed by atoms with Crippen molar-refractivity contribution in [2.75, 3.05) is 6.54 Å². The van der Waals surface area contributed by atoms with Crippen molar-refractivity contribution in [3.8, 4) is 5.69 Å². The Bertz CT molecular complexity index is 908. The summed E-state index contributed by atoms with van der Waals surface area (Å²) in [6.07, 6.45) is 3.64. The van der Waals surface area contributed by atoms with Gasteiger partial charge in [0.25, 0.3) is 5.91 Å². The first-order chi connectivity index (χ1) is 11.9. The van der Waals surface area contributed by atoms with Gasteiger partial charge in [0.15, 0.2) is 0 Å². The topological polar surface area (TPSA) is 25.2 Å². The molecule has 128 valence electrons. The molecule has 1 fully saturated rings.